The Kier molecular flexibility index (Phi) is 2.86. The topological polar surface area (TPSA) is 57.6 Å². The molecule has 2 rings (SSSR count). The number of imide groups is 1. The van der Waals surface area contributed by atoms with E-state index >= 15 is 0 Å². The Morgan fingerprint density at radius 1 is 1.24 bits per heavy atom. The van der Waals surface area contributed by atoms with Gasteiger partial charge in [0.2, 0.25) is 11.8 Å². The second-order valence-electron chi connectivity index (χ2n) is 5.50. The Balaban J connectivity index is 2.33. The second-order valence-corrected chi connectivity index (χ2v) is 5.50. The minimum atomic E-state index is -0.828. The fourth-order valence-corrected chi connectivity index (χ4v) is 2.56. The average molecular weight is 237 g/mol. The molecule has 1 fully saturated rings. The van der Waals surface area contributed by atoms with E-state index in [2.05, 4.69) is 0 Å². The van der Waals surface area contributed by atoms with Crippen molar-refractivity contribution >= 4 is 11.8 Å². The van der Waals surface area contributed by atoms with Gasteiger partial charge in [0.25, 0.3) is 0 Å². The van der Waals surface area contributed by atoms with Crippen LogP contribution in [-0.2, 0) is 9.59 Å². The largest absolute Gasteiger partial charge is 0.391 e. The molecule has 0 radical (unpaired) electrons. The number of likely N-dealkylation sites (tertiary alicyclic amines) is 1. The standard InChI is InChI=1S/C13H19NO3/c1-8(15)13(2,3)14-11(16)9-6-4-5-7-10(9)12(14)17/h4-5,8-10,15H,6-7H2,1-3H3/t8?,9-,10+. The number of hydrogen-bond donors (Lipinski definition) is 1. The number of aliphatic hydroxyl groups excluding tert-OH is 1. The highest BCUT2D eigenvalue weighted by molar-refractivity contribution is 6.06. The zero-order chi connectivity index (χ0) is 12.8. The number of amides is 2. The van der Waals surface area contributed by atoms with Crippen molar-refractivity contribution in [3.8, 4) is 0 Å². The Labute approximate surface area is 101 Å². The third-order valence-corrected chi connectivity index (χ3v) is 4.11. The van der Waals surface area contributed by atoms with Crippen molar-refractivity contribution < 1.29 is 14.7 Å². The van der Waals surface area contributed by atoms with Crippen LogP contribution in [0, 0.1) is 11.8 Å². The monoisotopic (exact) mass is 237 g/mol. The molecule has 0 aromatic carbocycles. The Bertz CT molecular complexity index is 358. The van der Waals surface area contributed by atoms with E-state index in [0.29, 0.717) is 12.8 Å². The van der Waals surface area contributed by atoms with Crippen LogP contribution in [0.4, 0.5) is 0 Å². The molecule has 0 aromatic rings. The van der Waals surface area contributed by atoms with E-state index in [1.54, 1.807) is 20.8 Å². The maximum atomic E-state index is 12.3. The maximum Gasteiger partial charge on any atom is 0.234 e. The third kappa shape index (κ3) is 1.71. The molecule has 94 valence electrons. The van der Waals surface area contributed by atoms with E-state index < -0.39 is 11.6 Å². The van der Waals surface area contributed by atoms with Gasteiger partial charge in [0.15, 0.2) is 0 Å². The molecule has 4 heteroatoms. The highest BCUT2D eigenvalue weighted by Crippen LogP contribution is 2.39. The summed E-state index contributed by atoms with van der Waals surface area (Å²) in [6.45, 7) is 5.08. The summed E-state index contributed by atoms with van der Waals surface area (Å²) in [7, 11) is 0. The average Bonchev–Trinajstić information content (AvgIpc) is 2.52. The molecule has 2 aliphatic rings. The molecular weight excluding hydrogens is 218 g/mol. The number of carbonyl (C=O) groups excluding carboxylic acids is 2. The molecule has 1 unspecified atom stereocenters. The van der Waals surface area contributed by atoms with Gasteiger partial charge in [-0.3, -0.25) is 14.5 Å². The molecule has 1 N–H and O–H groups in total. The first-order valence-corrected chi connectivity index (χ1v) is 6.08. The molecule has 0 spiro atoms. The Hall–Kier alpha value is -1.16. The SMILES string of the molecule is CC(O)C(C)(C)N1C(=O)[C@H]2CC=CC[C@H]2C1=O. The zero-order valence-electron chi connectivity index (χ0n) is 10.5. The van der Waals surface area contributed by atoms with Gasteiger partial charge in [-0.15, -0.1) is 0 Å². The van der Waals surface area contributed by atoms with Gasteiger partial charge in [0.1, 0.15) is 0 Å². The number of fused-ring (bicyclic) bond motifs is 1. The fourth-order valence-electron chi connectivity index (χ4n) is 2.56. The first-order valence-electron chi connectivity index (χ1n) is 6.08. The number of nitrogens with zero attached hydrogens (tertiary/aromatic N) is 1. The lowest BCUT2D eigenvalue weighted by Gasteiger charge is -2.36. The number of hydrogen-bond acceptors (Lipinski definition) is 3. The molecule has 1 heterocycles. The summed E-state index contributed by atoms with van der Waals surface area (Å²) >= 11 is 0. The predicted octanol–water partition coefficient (Wildman–Crippen LogP) is 1.10. The van der Waals surface area contributed by atoms with Crippen molar-refractivity contribution in [2.45, 2.75) is 45.3 Å². The van der Waals surface area contributed by atoms with Gasteiger partial charge >= 0.3 is 0 Å². The minimum absolute atomic E-state index is 0.129. The van der Waals surface area contributed by atoms with Crippen LogP contribution in [0.5, 0.6) is 0 Å². The van der Waals surface area contributed by atoms with E-state index in [-0.39, 0.29) is 23.7 Å². The number of carbonyl (C=O) groups is 2. The highest BCUT2D eigenvalue weighted by atomic mass is 16.3. The maximum absolute atomic E-state index is 12.3. The molecule has 0 saturated carbocycles. The lowest BCUT2D eigenvalue weighted by atomic mass is 9.85. The van der Waals surface area contributed by atoms with Crippen molar-refractivity contribution in [1.29, 1.82) is 0 Å². The van der Waals surface area contributed by atoms with Crippen molar-refractivity contribution in [2.75, 3.05) is 0 Å². The van der Waals surface area contributed by atoms with Crippen molar-refractivity contribution in [1.82, 2.24) is 4.90 Å². The van der Waals surface area contributed by atoms with Gasteiger partial charge in [-0.1, -0.05) is 12.2 Å². The smallest absolute Gasteiger partial charge is 0.234 e. The quantitative estimate of drug-likeness (QED) is 0.578. The van der Waals surface area contributed by atoms with Gasteiger partial charge in [-0.2, -0.15) is 0 Å². The van der Waals surface area contributed by atoms with Gasteiger partial charge in [-0.25, -0.2) is 0 Å². The Morgan fingerprint density at radius 3 is 2.00 bits per heavy atom. The summed E-state index contributed by atoms with van der Waals surface area (Å²) in [6.07, 6.45) is 4.48. The van der Waals surface area contributed by atoms with E-state index in [0.717, 1.165) is 0 Å². The fraction of sp³-hybridized carbons (Fsp3) is 0.692. The van der Waals surface area contributed by atoms with Crippen LogP contribution in [-0.4, -0.2) is 33.5 Å². The molecule has 2 amide bonds. The van der Waals surface area contributed by atoms with Crippen LogP contribution < -0.4 is 0 Å². The molecular formula is C13H19NO3. The minimum Gasteiger partial charge on any atom is -0.391 e. The van der Waals surface area contributed by atoms with Gasteiger partial charge in [-0.05, 0) is 33.6 Å². The first kappa shape index (κ1) is 12.3. The van der Waals surface area contributed by atoms with Crippen LogP contribution in [0.25, 0.3) is 0 Å². The molecule has 1 saturated heterocycles. The first-order chi connectivity index (χ1) is 7.87. The Morgan fingerprint density at radius 2 is 1.65 bits per heavy atom. The van der Waals surface area contributed by atoms with Crippen LogP contribution in [0.15, 0.2) is 12.2 Å². The van der Waals surface area contributed by atoms with Gasteiger partial charge < -0.3 is 5.11 Å². The second kappa shape index (κ2) is 3.95. The van der Waals surface area contributed by atoms with E-state index in [1.807, 2.05) is 12.2 Å². The summed E-state index contributed by atoms with van der Waals surface area (Å²) in [5, 5.41) is 9.75. The number of allylic oxidation sites excluding steroid dienone is 2. The number of aliphatic hydroxyl groups is 1. The van der Waals surface area contributed by atoms with Crippen molar-refractivity contribution in [3.63, 3.8) is 0 Å². The summed E-state index contributed by atoms with van der Waals surface area (Å²) < 4.78 is 0. The third-order valence-electron chi connectivity index (χ3n) is 4.11. The van der Waals surface area contributed by atoms with E-state index in [9.17, 15) is 14.7 Å². The zero-order valence-corrected chi connectivity index (χ0v) is 10.5. The van der Waals surface area contributed by atoms with Crippen molar-refractivity contribution in [2.24, 2.45) is 11.8 Å². The highest BCUT2D eigenvalue weighted by Gasteiger charge is 2.53. The van der Waals surface area contributed by atoms with Crippen LogP contribution in [0.2, 0.25) is 0 Å². The van der Waals surface area contributed by atoms with Crippen LogP contribution >= 0.6 is 0 Å². The summed E-state index contributed by atoms with van der Waals surface area (Å²) in [5.41, 5.74) is -0.828. The van der Waals surface area contributed by atoms with Gasteiger partial charge in [0, 0.05) is 0 Å². The summed E-state index contributed by atoms with van der Waals surface area (Å²) in [5.74, 6) is -0.693. The van der Waals surface area contributed by atoms with Crippen LogP contribution in [0.3, 0.4) is 0 Å². The molecule has 0 aromatic heterocycles. The summed E-state index contributed by atoms with van der Waals surface area (Å²) in [4.78, 5) is 25.8. The molecule has 17 heavy (non-hydrogen) atoms. The lowest BCUT2D eigenvalue weighted by Crippen LogP contribution is -2.54. The van der Waals surface area contributed by atoms with E-state index in [4.69, 9.17) is 0 Å². The van der Waals surface area contributed by atoms with Gasteiger partial charge in [0.05, 0.1) is 23.5 Å². The molecule has 0 bridgehead atoms. The summed E-state index contributed by atoms with van der Waals surface area (Å²) in [6, 6.07) is 0. The van der Waals surface area contributed by atoms with Crippen LogP contribution in [0.1, 0.15) is 33.6 Å². The number of rotatable bonds is 2. The van der Waals surface area contributed by atoms with E-state index in [1.165, 1.54) is 4.90 Å². The molecule has 4 nitrogen and oxygen atoms in total. The normalized spacial score (nSPS) is 30.7. The predicted molar refractivity (Wildman–Crippen MR) is 63.0 cm³/mol. The molecule has 3 atom stereocenters. The molecule has 1 aliphatic carbocycles. The lowest BCUT2D eigenvalue weighted by molar-refractivity contribution is -0.150. The molecule has 1 aliphatic heterocycles. The van der Waals surface area contributed by atoms with Crippen molar-refractivity contribution in [3.05, 3.63) is 12.2 Å².